The number of hydrogen-bond acceptors (Lipinski definition) is 8. The normalized spacial score (nSPS) is 40.8. The zero-order valence-electron chi connectivity index (χ0n) is 26.3. The highest BCUT2D eigenvalue weighted by Gasteiger charge is 2.70. The molecule has 4 aliphatic carbocycles. The number of rotatable bonds is 8. The van der Waals surface area contributed by atoms with Crippen LogP contribution in [-0.2, 0) is 28.6 Å². The Bertz CT molecular complexity index is 1070. The molecule has 0 heterocycles. The van der Waals surface area contributed by atoms with Gasteiger partial charge in [-0.15, -0.1) is 0 Å². The summed E-state index contributed by atoms with van der Waals surface area (Å²) >= 11 is 0. The van der Waals surface area contributed by atoms with E-state index >= 15 is 0 Å². The van der Waals surface area contributed by atoms with E-state index in [1.807, 2.05) is 6.92 Å². The molecule has 10 atom stereocenters. The highest BCUT2D eigenvalue weighted by Crippen LogP contribution is 2.67. The van der Waals surface area contributed by atoms with E-state index in [1.165, 1.54) is 33.6 Å². The molecule has 2 fully saturated rings. The zero-order valence-corrected chi connectivity index (χ0v) is 26.3. The first kappa shape index (κ1) is 32.0. The van der Waals surface area contributed by atoms with Crippen molar-refractivity contribution in [3.05, 3.63) is 11.1 Å². The molecule has 0 saturated heterocycles. The fourth-order valence-corrected chi connectivity index (χ4v) is 9.52. The van der Waals surface area contributed by atoms with E-state index in [0.29, 0.717) is 37.0 Å². The van der Waals surface area contributed by atoms with Crippen LogP contribution in [0.4, 0.5) is 0 Å². The van der Waals surface area contributed by atoms with Crippen molar-refractivity contribution in [2.24, 2.45) is 34.5 Å². The fourth-order valence-electron chi connectivity index (χ4n) is 9.52. The van der Waals surface area contributed by atoms with Crippen LogP contribution in [0.1, 0.15) is 113 Å². The summed E-state index contributed by atoms with van der Waals surface area (Å²) in [5.41, 5.74) is -1.34. The quantitative estimate of drug-likeness (QED) is 0.228. The van der Waals surface area contributed by atoms with Crippen molar-refractivity contribution in [3.63, 3.8) is 0 Å². The molecule has 0 amide bonds. The molecule has 4 rings (SSSR count). The molecule has 8 heteroatoms. The van der Waals surface area contributed by atoms with Gasteiger partial charge < -0.3 is 24.4 Å². The molecule has 232 valence electrons. The van der Waals surface area contributed by atoms with Gasteiger partial charge in [-0.2, -0.15) is 0 Å². The highest BCUT2D eigenvalue weighted by atomic mass is 16.6. The van der Waals surface area contributed by atoms with Crippen molar-refractivity contribution < 1.29 is 38.8 Å². The molecule has 0 radical (unpaired) electrons. The van der Waals surface area contributed by atoms with Crippen LogP contribution in [0.15, 0.2) is 11.1 Å². The molecule has 4 aliphatic rings. The van der Waals surface area contributed by atoms with Crippen LogP contribution in [0.5, 0.6) is 0 Å². The minimum absolute atomic E-state index is 0.0136. The Kier molecular flexibility index (Phi) is 9.08. The lowest BCUT2D eigenvalue weighted by Gasteiger charge is -2.62. The van der Waals surface area contributed by atoms with Gasteiger partial charge in [-0.25, -0.2) is 0 Å². The van der Waals surface area contributed by atoms with Crippen LogP contribution >= 0.6 is 0 Å². The largest absolute Gasteiger partial charge is 0.462 e. The highest BCUT2D eigenvalue weighted by molar-refractivity contribution is 5.69. The van der Waals surface area contributed by atoms with Crippen LogP contribution in [0, 0.1) is 34.5 Å². The SMILES string of the molecule is CC(=O)OC1CC[C@]2(C)C3=C(C(OC(C)=O)C(OC(C)=O)C2(O)C1)[C@@H]1CC[C@H]([C@H](C)CCCC(C)C)[C@@]1(C)CC3O. The number of ether oxygens (including phenoxy) is 3. The van der Waals surface area contributed by atoms with E-state index < -0.39 is 53.3 Å². The van der Waals surface area contributed by atoms with Crippen LogP contribution in [0.25, 0.3) is 0 Å². The Hall–Kier alpha value is -1.93. The maximum atomic E-state index is 12.6. The van der Waals surface area contributed by atoms with Gasteiger partial charge in [0.1, 0.15) is 11.7 Å². The minimum atomic E-state index is -1.72. The molecule has 0 aromatic heterocycles. The predicted octanol–water partition coefficient (Wildman–Crippen LogP) is 5.27. The number of carbonyl (C=O) groups is 3. The van der Waals surface area contributed by atoms with Gasteiger partial charge in [-0.05, 0) is 72.3 Å². The molecule has 0 bridgehead atoms. The van der Waals surface area contributed by atoms with Crippen molar-refractivity contribution in [3.8, 4) is 0 Å². The molecule has 0 aromatic carbocycles. The van der Waals surface area contributed by atoms with Gasteiger partial charge in [-0.3, -0.25) is 14.4 Å². The van der Waals surface area contributed by atoms with Gasteiger partial charge in [-0.1, -0.05) is 53.9 Å². The number of fused-ring (bicyclic) bond motifs is 4. The number of hydrogen-bond donors (Lipinski definition) is 2. The summed E-state index contributed by atoms with van der Waals surface area (Å²) in [5, 5.41) is 24.6. The summed E-state index contributed by atoms with van der Waals surface area (Å²) in [6.07, 6.45) is 3.26. The van der Waals surface area contributed by atoms with Crippen molar-refractivity contribution >= 4 is 17.9 Å². The van der Waals surface area contributed by atoms with Gasteiger partial charge in [0.15, 0.2) is 12.2 Å². The Morgan fingerprint density at radius 1 is 0.902 bits per heavy atom. The summed E-state index contributed by atoms with van der Waals surface area (Å²) in [7, 11) is 0. The predicted molar refractivity (Wildman–Crippen MR) is 153 cm³/mol. The minimum Gasteiger partial charge on any atom is -0.462 e. The first-order valence-electron chi connectivity index (χ1n) is 15.7. The third-order valence-electron chi connectivity index (χ3n) is 11.2. The molecule has 2 saturated carbocycles. The van der Waals surface area contributed by atoms with Crippen molar-refractivity contribution in [2.45, 2.75) is 143 Å². The summed E-state index contributed by atoms with van der Waals surface area (Å²) in [6.45, 7) is 15.0. The maximum Gasteiger partial charge on any atom is 0.303 e. The van der Waals surface area contributed by atoms with Gasteiger partial charge >= 0.3 is 17.9 Å². The Morgan fingerprint density at radius 2 is 1.54 bits per heavy atom. The van der Waals surface area contributed by atoms with Crippen molar-refractivity contribution in [1.82, 2.24) is 0 Å². The van der Waals surface area contributed by atoms with E-state index in [0.717, 1.165) is 30.4 Å². The molecule has 2 N–H and O–H groups in total. The second kappa shape index (κ2) is 11.6. The van der Waals surface area contributed by atoms with E-state index in [2.05, 4.69) is 27.7 Å². The molecule has 8 nitrogen and oxygen atoms in total. The molecule has 5 unspecified atom stereocenters. The van der Waals surface area contributed by atoms with Gasteiger partial charge in [0.25, 0.3) is 0 Å². The third-order valence-corrected chi connectivity index (χ3v) is 11.2. The monoisotopic (exact) mass is 576 g/mol. The first-order valence-corrected chi connectivity index (χ1v) is 15.7. The van der Waals surface area contributed by atoms with Gasteiger partial charge in [0.05, 0.1) is 6.10 Å². The number of aliphatic hydroxyl groups excluding tert-OH is 1. The van der Waals surface area contributed by atoms with Crippen LogP contribution in [-0.4, -0.2) is 58.1 Å². The van der Waals surface area contributed by atoms with Gasteiger partial charge in [0, 0.05) is 32.6 Å². The van der Waals surface area contributed by atoms with Gasteiger partial charge in [0.2, 0.25) is 0 Å². The van der Waals surface area contributed by atoms with Crippen LogP contribution in [0.2, 0.25) is 0 Å². The molecule has 0 aliphatic heterocycles. The van der Waals surface area contributed by atoms with Crippen LogP contribution in [0.3, 0.4) is 0 Å². The molecular weight excluding hydrogens is 524 g/mol. The van der Waals surface area contributed by atoms with Crippen molar-refractivity contribution in [1.29, 1.82) is 0 Å². The summed E-state index contributed by atoms with van der Waals surface area (Å²) < 4.78 is 17.4. The average molecular weight is 577 g/mol. The second-order valence-corrected chi connectivity index (χ2v) is 14.4. The van der Waals surface area contributed by atoms with E-state index in [4.69, 9.17) is 14.2 Å². The lowest BCUT2D eigenvalue weighted by atomic mass is 9.46. The lowest BCUT2D eigenvalue weighted by molar-refractivity contribution is -0.239. The Labute approximate surface area is 245 Å². The number of esters is 3. The Morgan fingerprint density at radius 3 is 2.12 bits per heavy atom. The zero-order chi connectivity index (χ0) is 30.5. The average Bonchev–Trinajstić information content (AvgIpc) is 3.17. The topological polar surface area (TPSA) is 119 Å². The first-order chi connectivity index (χ1) is 19.0. The standard InChI is InChI=1S/C33H52O8/c1-18(2)10-9-11-19(3)24-12-13-25-27-28(26(37)17-31(24,25)7)32(8)15-14-23(39-20(4)34)16-33(32,38)30(41-22(6)36)29(27)40-21(5)35/h18-19,23-26,29-30,37-38H,9-17H2,1-8H3/t19-,23?,24-,25+,26?,29?,30?,31-,32-,33?/m1/s1. The molecule has 0 aromatic rings. The third kappa shape index (κ3) is 5.60. The lowest BCUT2D eigenvalue weighted by Crippen LogP contribution is -2.70. The second-order valence-electron chi connectivity index (χ2n) is 14.4. The number of aliphatic hydroxyl groups is 2. The van der Waals surface area contributed by atoms with Crippen molar-refractivity contribution in [2.75, 3.05) is 0 Å². The molecule has 0 spiro atoms. The summed E-state index contributed by atoms with van der Waals surface area (Å²) in [6, 6.07) is 0. The van der Waals surface area contributed by atoms with E-state index in [9.17, 15) is 24.6 Å². The maximum absolute atomic E-state index is 12.6. The fraction of sp³-hybridized carbons (Fsp3) is 0.848. The van der Waals surface area contributed by atoms with Crippen LogP contribution < -0.4 is 0 Å². The Balaban J connectivity index is 1.83. The molecule has 41 heavy (non-hydrogen) atoms. The molecular formula is C33H52O8. The summed E-state index contributed by atoms with van der Waals surface area (Å²) in [5.74, 6) is -0.0362. The summed E-state index contributed by atoms with van der Waals surface area (Å²) in [4.78, 5) is 36.9. The van der Waals surface area contributed by atoms with E-state index in [1.54, 1.807) is 0 Å². The van der Waals surface area contributed by atoms with E-state index in [-0.39, 0.29) is 17.8 Å². The number of carbonyl (C=O) groups excluding carboxylic acids is 3. The smallest absolute Gasteiger partial charge is 0.303 e.